The first kappa shape index (κ1) is 17.1. The number of hydrogen-bond acceptors (Lipinski definition) is 6. The van der Waals surface area contributed by atoms with Crippen LogP contribution in [0.3, 0.4) is 0 Å². The Bertz CT molecular complexity index is 1090. The zero-order valence-electron chi connectivity index (χ0n) is 14.2. The molecular formula is C18H14FN5O2S. The van der Waals surface area contributed by atoms with Gasteiger partial charge in [0.25, 0.3) is 5.89 Å². The van der Waals surface area contributed by atoms with Crippen LogP contribution in [0.4, 0.5) is 10.1 Å². The summed E-state index contributed by atoms with van der Waals surface area (Å²) in [5.41, 5.74) is 1.42. The van der Waals surface area contributed by atoms with Gasteiger partial charge >= 0.3 is 0 Å². The highest BCUT2D eigenvalue weighted by atomic mass is 32.1. The molecule has 1 amide bonds. The van der Waals surface area contributed by atoms with Crippen molar-refractivity contribution >= 4 is 22.9 Å². The second kappa shape index (κ2) is 7.12. The fourth-order valence-electron chi connectivity index (χ4n) is 2.43. The number of anilines is 1. The summed E-state index contributed by atoms with van der Waals surface area (Å²) < 4.78 is 20.4. The molecule has 0 spiro atoms. The number of benzene rings is 1. The van der Waals surface area contributed by atoms with Crippen molar-refractivity contribution in [2.75, 3.05) is 5.32 Å². The second-order valence-electron chi connectivity index (χ2n) is 5.84. The molecule has 0 bridgehead atoms. The van der Waals surface area contributed by atoms with Crippen LogP contribution in [-0.4, -0.2) is 25.6 Å². The number of aryl methyl sites for hydroxylation is 1. The molecule has 0 saturated carbocycles. The van der Waals surface area contributed by atoms with Gasteiger partial charge in [0, 0.05) is 11.9 Å². The summed E-state index contributed by atoms with van der Waals surface area (Å²) in [5.74, 6) is 0.109. The predicted octanol–water partition coefficient (Wildman–Crippen LogP) is 3.75. The summed E-state index contributed by atoms with van der Waals surface area (Å²) in [6.45, 7) is 1.69. The van der Waals surface area contributed by atoms with Crippen LogP contribution in [-0.2, 0) is 11.3 Å². The van der Waals surface area contributed by atoms with Crippen LogP contribution in [0.2, 0.25) is 0 Å². The van der Waals surface area contributed by atoms with Gasteiger partial charge in [0.1, 0.15) is 18.1 Å². The third-order valence-corrected chi connectivity index (χ3v) is 4.66. The molecule has 0 radical (unpaired) electrons. The average molecular weight is 383 g/mol. The molecule has 1 N–H and O–H groups in total. The fraction of sp³-hybridized carbons (Fsp3) is 0.111. The van der Waals surface area contributed by atoms with Crippen LogP contribution < -0.4 is 5.32 Å². The highest BCUT2D eigenvalue weighted by Crippen LogP contribution is 2.25. The quantitative estimate of drug-likeness (QED) is 0.567. The summed E-state index contributed by atoms with van der Waals surface area (Å²) in [5, 5.41) is 8.50. The number of carbonyl (C=O) groups is 1. The van der Waals surface area contributed by atoms with E-state index in [1.807, 2.05) is 17.5 Å². The molecule has 0 atom stereocenters. The van der Waals surface area contributed by atoms with Gasteiger partial charge < -0.3 is 14.4 Å². The molecule has 136 valence electrons. The van der Waals surface area contributed by atoms with E-state index in [1.54, 1.807) is 29.8 Å². The van der Waals surface area contributed by atoms with Gasteiger partial charge in [-0.15, -0.1) is 11.3 Å². The van der Waals surface area contributed by atoms with Gasteiger partial charge in [-0.2, -0.15) is 4.98 Å². The van der Waals surface area contributed by atoms with Crippen LogP contribution in [0.15, 0.2) is 52.8 Å². The zero-order chi connectivity index (χ0) is 18.8. The number of amides is 1. The monoisotopic (exact) mass is 383 g/mol. The molecule has 1 aromatic carbocycles. The maximum absolute atomic E-state index is 13.6. The largest absolute Gasteiger partial charge is 0.333 e. The van der Waals surface area contributed by atoms with Gasteiger partial charge in [-0.1, -0.05) is 17.3 Å². The first-order chi connectivity index (χ1) is 13.1. The molecule has 0 saturated heterocycles. The fourth-order valence-corrected chi connectivity index (χ4v) is 3.07. The summed E-state index contributed by atoms with van der Waals surface area (Å²) in [4.78, 5) is 21.5. The summed E-state index contributed by atoms with van der Waals surface area (Å²) in [6.07, 6.45) is 3.16. The van der Waals surface area contributed by atoms with Crippen molar-refractivity contribution in [3.63, 3.8) is 0 Å². The lowest BCUT2D eigenvalue weighted by Crippen LogP contribution is -2.18. The van der Waals surface area contributed by atoms with Gasteiger partial charge in [-0.3, -0.25) is 4.79 Å². The van der Waals surface area contributed by atoms with E-state index in [9.17, 15) is 9.18 Å². The van der Waals surface area contributed by atoms with E-state index in [-0.39, 0.29) is 18.3 Å². The molecule has 0 aliphatic heterocycles. The van der Waals surface area contributed by atoms with Crippen molar-refractivity contribution in [3.05, 3.63) is 59.6 Å². The topological polar surface area (TPSA) is 85.8 Å². The lowest BCUT2D eigenvalue weighted by atomic mass is 10.2. The summed E-state index contributed by atoms with van der Waals surface area (Å²) in [7, 11) is 0. The smallest absolute Gasteiger partial charge is 0.268 e. The van der Waals surface area contributed by atoms with Gasteiger partial charge in [0.05, 0.1) is 11.2 Å². The van der Waals surface area contributed by atoms with Crippen molar-refractivity contribution in [2.24, 2.45) is 0 Å². The minimum absolute atomic E-state index is 0.0259. The average Bonchev–Trinajstić information content (AvgIpc) is 3.37. The van der Waals surface area contributed by atoms with Crippen molar-refractivity contribution < 1.29 is 13.7 Å². The number of imidazole rings is 1. The molecule has 0 unspecified atom stereocenters. The van der Waals surface area contributed by atoms with Gasteiger partial charge in [0.15, 0.2) is 0 Å². The standard InChI is InChI=1S/C18H14FN5O2S/c1-11-4-5-12(7-13(11)19)21-16(25)9-24-8-14(20-10-24)17-22-18(26-23-17)15-3-2-6-27-15/h2-8,10H,9H2,1H3,(H,21,25). The van der Waals surface area contributed by atoms with E-state index >= 15 is 0 Å². The minimum Gasteiger partial charge on any atom is -0.333 e. The molecule has 0 aliphatic rings. The van der Waals surface area contributed by atoms with Crippen molar-refractivity contribution in [3.8, 4) is 22.3 Å². The predicted molar refractivity (Wildman–Crippen MR) is 98.6 cm³/mol. The van der Waals surface area contributed by atoms with E-state index in [2.05, 4.69) is 20.4 Å². The third kappa shape index (κ3) is 3.77. The Balaban J connectivity index is 1.43. The molecule has 3 heterocycles. The van der Waals surface area contributed by atoms with Crippen molar-refractivity contribution in [1.29, 1.82) is 0 Å². The van der Waals surface area contributed by atoms with Crippen LogP contribution in [0.1, 0.15) is 5.56 Å². The number of nitrogens with one attached hydrogen (secondary N) is 1. The van der Waals surface area contributed by atoms with Crippen LogP contribution in [0.5, 0.6) is 0 Å². The van der Waals surface area contributed by atoms with Gasteiger partial charge in [-0.05, 0) is 36.1 Å². The van der Waals surface area contributed by atoms with Gasteiger partial charge in [-0.25, -0.2) is 9.37 Å². The number of rotatable bonds is 5. The molecule has 4 rings (SSSR count). The minimum atomic E-state index is -0.364. The number of nitrogens with zero attached hydrogens (tertiary/aromatic N) is 4. The number of carbonyl (C=O) groups excluding carboxylic acids is 1. The SMILES string of the molecule is Cc1ccc(NC(=O)Cn2cnc(-c3noc(-c4cccs4)n3)c2)cc1F. The van der Waals surface area contributed by atoms with E-state index in [0.717, 1.165) is 4.88 Å². The van der Waals surface area contributed by atoms with Gasteiger partial charge in [0.2, 0.25) is 11.7 Å². The molecule has 0 fully saturated rings. The molecule has 27 heavy (non-hydrogen) atoms. The molecular weight excluding hydrogens is 369 g/mol. The van der Waals surface area contributed by atoms with Crippen molar-refractivity contribution in [2.45, 2.75) is 13.5 Å². The van der Waals surface area contributed by atoms with Crippen LogP contribution in [0.25, 0.3) is 22.3 Å². The normalized spacial score (nSPS) is 10.9. The Morgan fingerprint density at radius 1 is 1.37 bits per heavy atom. The number of hydrogen-bond donors (Lipinski definition) is 1. The number of thiophene rings is 1. The highest BCUT2D eigenvalue weighted by molar-refractivity contribution is 7.13. The summed E-state index contributed by atoms with van der Waals surface area (Å²) >= 11 is 1.50. The lowest BCUT2D eigenvalue weighted by molar-refractivity contribution is -0.116. The maximum Gasteiger partial charge on any atom is 0.268 e. The maximum atomic E-state index is 13.6. The number of aromatic nitrogens is 4. The Labute approximate surface area is 157 Å². The second-order valence-corrected chi connectivity index (χ2v) is 6.79. The number of halogens is 1. The molecule has 0 aliphatic carbocycles. The Morgan fingerprint density at radius 2 is 2.26 bits per heavy atom. The molecule has 3 aromatic heterocycles. The molecule has 7 nitrogen and oxygen atoms in total. The van der Waals surface area contributed by atoms with E-state index < -0.39 is 0 Å². The molecule has 4 aromatic rings. The molecule has 9 heteroatoms. The first-order valence-corrected chi connectivity index (χ1v) is 8.92. The van der Waals surface area contributed by atoms with Crippen LogP contribution in [0, 0.1) is 12.7 Å². The van der Waals surface area contributed by atoms with E-state index in [4.69, 9.17) is 4.52 Å². The third-order valence-electron chi connectivity index (χ3n) is 3.80. The Morgan fingerprint density at radius 3 is 3.04 bits per heavy atom. The zero-order valence-corrected chi connectivity index (χ0v) is 15.0. The van der Waals surface area contributed by atoms with Crippen molar-refractivity contribution in [1.82, 2.24) is 19.7 Å². The first-order valence-electron chi connectivity index (χ1n) is 8.04. The Hall–Kier alpha value is -3.33. The van der Waals surface area contributed by atoms with Crippen LogP contribution >= 0.6 is 11.3 Å². The van der Waals surface area contributed by atoms with E-state index in [0.29, 0.717) is 28.7 Å². The van der Waals surface area contributed by atoms with E-state index in [1.165, 1.54) is 23.7 Å². The highest BCUT2D eigenvalue weighted by Gasteiger charge is 2.14. The summed E-state index contributed by atoms with van der Waals surface area (Å²) in [6, 6.07) is 8.34. The Kier molecular flexibility index (Phi) is 4.51. The lowest BCUT2D eigenvalue weighted by Gasteiger charge is -2.06.